The van der Waals surface area contributed by atoms with Crippen LogP contribution in [-0.2, 0) is 0 Å². The Hall–Kier alpha value is -2.35. The van der Waals surface area contributed by atoms with Crippen molar-refractivity contribution in [3.05, 3.63) is 64.8 Å². The monoisotopic (exact) mass is 222 g/mol. The Morgan fingerprint density at radius 2 is 1.76 bits per heavy atom. The maximum absolute atomic E-state index is 12.3. The van der Waals surface area contributed by atoms with Gasteiger partial charge in [-0.1, -0.05) is 30.9 Å². The lowest BCUT2D eigenvalue weighted by molar-refractivity contribution is 0.660. The van der Waals surface area contributed by atoms with Gasteiger partial charge in [0.25, 0.3) is 0 Å². The van der Waals surface area contributed by atoms with Crippen molar-refractivity contribution in [1.29, 1.82) is 0 Å². The van der Waals surface area contributed by atoms with Crippen LogP contribution in [0.1, 0.15) is 5.56 Å². The molecule has 0 amide bonds. The maximum atomic E-state index is 12.3. The average Bonchev–Trinajstić information content (AvgIpc) is 2.39. The van der Waals surface area contributed by atoms with E-state index in [0.717, 1.165) is 5.56 Å². The molecule has 0 N–H and O–H groups in total. The molecule has 0 aliphatic carbocycles. The Labute approximate surface area is 97.8 Å². The molecular weight excluding hydrogens is 212 g/mol. The van der Waals surface area contributed by atoms with Gasteiger partial charge in [-0.15, -0.1) is 0 Å². The molecule has 0 aliphatic heterocycles. The lowest BCUT2D eigenvalue weighted by Crippen LogP contribution is -2.01. The first-order valence-electron chi connectivity index (χ1n) is 5.37. The molecule has 0 radical (unpaired) electrons. The normalized spacial score (nSPS) is 10.8. The third-order valence-corrected chi connectivity index (χ3v) is 2.84. The number of hydrogen-bond acceptors (Lipinski definition) is 2. The zero-order valence-electron chi connectivity index (χ0n) is 9.14. The van der Waals surface area contributed by atoms with Crippen molar-refractivity contribution in [2.24, 2.45) is 0 Å². The molecule has 2 aromatic carbocycles. The Morgan fingerprint density at radius 1 is 1.00 bits per heavy atom. The lowest BCUT2D eigenvalue weighted by Gasteiger charge is -2.01. The van der Waals surface area contributed by atoms with Crippen molar-refractivity contribution < 1.29 is 4.42 Å². The van der Waals surface area contributed by atoms with E-state index in [2.05, 4.69) is 6.58 Å². The van der Waals surface area contributed by atoms with Crippen LogP contribution in [0.25, 0.3) is 28.0 Å². The van der Waals surface area contributed by atoms with Gasteiger partial charge in [0.2, 0.25) is 5.43 Å². The lowest BCUT2D eigenvalue weighted by atomic mass is 10.1. The van der Waals surface area contributed by atoms with Crippen LogP contribution in [0, 0.1) is 0 Å². The summed E-state index contributed by atoms with van der Waals surface area (Å²) in [6, 6.07) is 12.8. The third-order valence-electron chi connectivity index (χ3n) is 2.84. The summed E-state index contributed by atoms with van der Waals surface area (Å²) in [7, 11) is 0. The van der Waals surface area contributed by atoms with Crippen molar-refractivity contribution in [2.45, 2.75) is 0 Å². The summed E-state index contributed by atoms with van der Waals surface area (Å²) in [6.07, 6.45) is 1.72. The average molecular weight is 222 g/mol. The molecule has 0 spiro atoms. The molecule has 0 unspecified atom stereocenters. The van der Waals surface area contributed by atoms with Gasteiger partial charge in [0.15, 0.2) is 0 Å². The molecule has 0 saturated carbocycles. The maximum Gasteiger partial charge on any atom is 0.200 e. The first kappa shape index (κ1) is 9.85. The Morgan fingerprint density at radius 3 is 2.59 bits per heavy atom. The van der Waals surface area contributed by atoms with Crippen molar-refractivity contribution in [3.63, 3.8) is 0 Å². The van der Waals surface area contributed by atoms with Crippen LogP contribution in [0.3, 0.4) is 0 Å². The molecule has 0 aliphatic rings. The molecule has 0 saturated heterocycles. The van der Waals surface area contributed by atoms with Gasteiger partial charge in [0.1, 0.15) is 11.2 Å². The van der Waals surface area contributed by atoms with E-state index >= 15 is 0 Å². The van der Waals surface area contributed by atoms with E-state index in [1.807, 2.05) is 18.2 Å². The molecule has 3 rings (SSSR count). The number of rotatable bonds is 1. The van der Waals surface area contributed by atoms with Crippen molar-refractivity contribution in [1.82, 2.24) is 0 Å². The van der Waals surface area contributed by atoms with Crippen LogP contribution in [0.4, 0.5) is 0 Å². The van der Waals surface area contributed by atoms with Crippen molar-refractivity contribution in [3.8, 4) is 0 Å². The molecule has 0 fully saturated rings. The first-order valence-corrected chi connectivity index (χ1v) is 5.37. The number of benzene rings is 2. The van der Waals surface area contributed by atoms with Crippen LogP contribution in [0.5, 0.6) is 0 Å². The standard InChI is InChI=1S/C15H10O2/c1-2-10-7-8-14-12(9-10)15(16)11-5-3-4-6-13(11)17-14/h2-9H,1H2. The van der Waals surface area contributed by atoms with E-state index in [1.54, 1.807) is 30.3 Å². The first-order chi connectivity index (χ1) is 8.29. The summed E-state index contributed by atoms with van der Waals surface area (Å²) in [4.78, 5) is 12.3. The fourth-order valence-corrected chi connectivity index (χ4v) is 1.95. The SMILES string of the molecule is C=Cc1ccc2oc3ccccc3c(=O)c2c1. The fourth-order valence-electron chi connectivity index (χ4n) is 1.95. The Bertz CT molecular complexity index is 782. The van der Waals surface area contributed by atoms with Gasteiger partial charge < -0.3 is 4.42 Å². The Kier molecular flexibility index (Phi) is 2.08. The predicted octanol–water partition coefficient (Wildman–Crippen LogP) is 3.59. The third kappa shape index (κ3) is 1.46. The summed E-state index contributed by atoms with van der Waals surface area (Å²) in [5.74, 6) is 0. The molecule has 2 heteroatoms. The smallest absolute Gasteiger partial charge is 0.200 e. The van der Waals surface area contributed by atoms with Gasteiger partial charge in [-0.25, -0.2) is 0 Å². The molecule has 1 heterocycles. The van der Waals surface area contributed by atoms with Gasteiger partial charge >= 0.3 is 0 Å². The van der Waals surface area contributed by atoms with E-state index in [0.29, 0.717) is 21.9 Å². The van der Waals surface area contributed by atoms with Crippen LogP contribution in [0.15, 0.2) is 58.3 Å². The molecular formula is C15H10O2. The highest BCUT2D eigenvalue weighted by atomic mass is 16.3. The molecule has 0 atom stereocenters. The minimum absolute atomic E-state index is 0.00514. The summed E-state index contributed by atoms with van der Waals surface area (Å²) < 4.78 is 5.69. The van der Waals surface area contributed by atoms with Crippen molar-refractivity contribution in [2.75, 3.05) is 0 Å². The highest BCUT2D eigenvalue weighted by Crippen LogP contribution is 2.19. The number of para-hydroxylation sites is 1. The second-order valence-electron chi connectivity index (χ2n) is 3.89. The van der Waals surface area contributed by atoms with E-state index < -0.39 is 0 Å². The highest BCUT2D eigenvalue weighted by Gasteiger charge is 2.06. The minimum Gasteiger partial charge on any atom is -0.456 e. The molecule has 0 bridgehead atoms. The summed E-state index contributed by atoms with van der Waals surface area (Å²) in [6.45, 7) is 3.70. The molecule has 2 nitrogen and oxygen atoms in total. The quantitative estimate of drug-likeness (QED) is 0.589. The minimum atomic E-state index is 0.00514. The van der Waals surface area contributed by atoms with Crippen LogP contribution < -0.4 is 5.43 Å². The van der Waals surface area contributed by atoms with Gasteiger partial charge in [0.05, 0.1) is 10.8 Å². The summed E-state index contributed by atoms with van der Waals surface area (Å²) in [5.41, 5.74) is 2.15. The molecule has 82 valence electrons. The number of hydrogen-bond donors (Lipinski definition) is 0. The van der Waals surface area contributed by atoms with E-state index in [9.17, 15) is 4.79 Å². The van der Waals surface area contributed by atoms with Gasteiger partial charge in [-0.3, -0.25) is 4.79 Å². The zero-order chi connectivity index (χ0) is 11.8. The molecule has 1 aromatic heterocycles. The van der Waals surface area contributed by atoms with Gasteiger partial charge in [-0.2, -0.15) is 0 Å². The summed E-state index contributed by atoms with van der Waals surface area (Å²) >= 11 is 0. The van der Waals surface area contributed by atoms with Gasteiger partial charge in [0, 0.05) is 0 Å². The summed E-state index contributed by atoms with van der Waals surface area (Å²) in [5, 5.41) is 1.21. The van der Waals surface area contributed by atoms with E-state index in [1.165, 1.54) is 0 Å². The van der Waals surface area contributed by atoms with E-state index in [4.69, 9.17) is 4.42 Å². The second-order valence-corrected chi connectivity index (χ2v) is 3.89. The molecule has 17 heavy (non-hydrogen) atoms. The molecule has 3 aromatic rings. The van der Waals surface area contributed by atoms with Gasteiger partial charge in [-0.05, 0) is 29.8 Å². The second kappa shape index (κ2) is 3.59. The largest absolute Gasteiger partial charge is 0.456 e. The van der Waals surface area contributed by atoms with Crippen LogP contribution >= 0.6 is 0 Å². The predicted molar refractivity (Wildman–Crippen MR) is 70.1 cm³/mol. The zero-order valence-corrected chi connectivity index (χ0v) is 9.14. The van der Waals surface area contributed by atoms with Crippen LogP contribution in [-0.4, -0.2) is 0 Å². The van der Waals surface area contributed by atoms with E-state index in [-0.39, 0.29) is 5.43 Å². The van der Waals surface area contributed by atoms with Crippen LogP contribution in [0.2, 0.25) is 0 Å². The van der Waals surface area contributed by atoms with Crippen molar-refractivity contribution >= 4 is 28.0 Å². The number of fused-ring (bicyclic) bond motifs is 2. The fraction of sp³-hybridized carbons (Fsp3) is 0. The topological polar surface area (TPSA) is 30.2 Å². The highest BCUT2D eigenvalue weighted by molar-refractivity contribution is 5.90. The Balaban J connectivity index is 2.55.